The van der Waals surface area contributed by atoms with Crippen LogP contribution in [0.25, 0.3) is 0 Å². The molecule has 0 bridgehead atoms. The zero-order chi connectivity index (χ0) is 15.5. The van der Waals surface area contributed by atoms with Crippen molar-refractivity contribution in [2.45, 2.75) is 32.7 Å². The molecule has 1 N–H and O–H groups in total. The molecule has 0 radical (unpaired) electrons. The molecule has 1 amide bonds. The average molecular weight is 302 g/mol. The Bertz CT molecular complexity index is 626. The second kappa shape index (κ2) is 6.31. The van der Waals surface area contributed by atoms with Crippen molar-refractivity contribution >= 4 is 17.5 Å². The minimum Gasteiger partial charge on any atom is -0.348 e. The molecule has 0 saturated carbocycles. The summed E-state index contributed by atoms with van der Waals surface area (Å²) in [4.78, 5) is 12.0. The first kappa shape index (κ1) is 15.6. The van der Waals surface area contributed by atoms with Crippen molar-refractivity contribution < 1.29 is 4.79 Å². The molecule has 0 aliphatic rings. The molecule has 2 aromatic rings. The van der Waals surface area contributed by atoms with Crippen LogP contribution in [0.15, 0.2) is 48.5 Å². The highest BCUT2D eigenvalue weighted by Crippen LogP contribution is 2.22. The fourth-order valence-corrected chi connectivity index (χ4v) is 2.23. The molecular weight excluding hydrogens is 282 g/mol. The summed E-state index contributed by atoms with van der Waals surface area (Å²) < 4.78 is 0. The highest BCUT2D eigenvalue weighted by molar-refractivity contribution is 6.30. The molecule has 0 aromatic heterocycles. The summed E-state index contributed by atoms with van der Waals surface area (Å²) in [6.45, 7) is 7.06. The Morgan fingerprint density at radius 2 is 1.76 bits per heavy atom. The predicted molar refractivity (Wildman–Crippen MR) is 87.8 cm³/mol. The summed E-state index contributed by atoms with van der Waals surface area (Å²) in [6, 6.07) is 15.3. The van der Waals surface area contributed by atoms with Crippen LogP contribution in [0.2, 0.25) is 5.02 Å². The summed E-state index contributed by atoms with van der Waals surface area (Å²) in [6.07, 6.45) is 0. The molecule has 3 heteroatoms. The van der Waals surface area contributed by atoms with Crippen LogP contribution in [0.1, 0.15) is 42.3 Å². The molecule has 0 unspecified atom stereocenters. The van der Waals surface area contributed by atoms with Crippen molar-refractivity contribution in [3.63, 3.8) is 0 Å². The smallest absolute Gasteiger partial charge is 0.251 e. The van der Waals surface area contributed by atoms with Gasteiger partial charge in [0.2, 0.25) is 0 Å². The topological polar surface area (TPSA) is 29.1 Å². The Labute approximate surface area is 131 Å². The quantitative estimate of drug-likeness (QED) is 0.884. The average Bonchev–Trinajstić information content (AvgIpc) is 2.44. The van der Waals surface area contributed by atoms with Gasteiger partial charge < -0.3 is 5.32 Å². The molecule has 0 aliphatic carbocycles. The van der Waals surface area contributed by atoms with Gasteiger partial charge in [0, 0.05) is 17.1 Å². The number of hydrogen-bond acceptors (Lipinski definition) is 1. The van der Waals surface area contributed by atoms with Gasteiger partial charge in [0.25, 0.3) is 5.91 Å². The van der Waals surface area contributed by atoms with E-state index in [2.05, 4.69) is 50.4 Å². The minimum absolute atomic E-state index is 0.114. The second-order valence-corrected chi connectivity index (χ2v) is 6.58. The molecular formula is C18H20ClNO. The predicted octanol–water partition coefficient (Wildman–Crippen LogP) is 4.57. The number of hydrogen-bond donors (Lipinski definition) is 1. The van der Waals surface area contributed by atoms with Crippen LogP contribution in [0.3, 0.4) is 0 Å². The summed E-state index contributed by atoms with van der Waals surface area (Å²) in [7, 11) is 0. The van der Waals surface area contributed by atoms with Crippen LogP contribution in [0.4, 0.5) is 0 Å². The van der Waals surface area contributed by atoms with Crippen LogP contribution in [-0.4, -0.2) is 5.91 Å². The Kier molecular flexibility index (Phi) is 4.69. The van der Waals surface area contributed by atoms with Gasteiger partial charge in [-0.1, -0.05) is 62.7 Å². The molecule has 0 spiro atoms. The Hall–Kier alpha value is -1.80. The highest BCUT2D eigenvalue weighted by Gasteiger charge is 2.13. The third-order valence-corrected chi connectivity index (χ3v) is 3.59. The van der Waals surface area contributed by atoms with Gasteiger partial charge in [0.15, 0.2) is 0 Å². The number of amides is 1. The van der Waals surface area contributed by atoms with E-state index in [1.807, 2.05) is 0 Å². The van der Waals surface area contributed by atoms with E-state index in [9.17, 15) is 4.79 Å². The van der Waals surface area contributed by atoms with E-state index < -0.39 is 0 Å². The molecule has 2 rings (SSSR count). The number of rotatable bonds is 3. The van der Waals surface area contributed by atoms with E-state index in [1.54, 1.807) is 24.3 Å². The lowest BCUT2D eigenvalue weighted by atomic mass is 9.87. The molecule has 2 aromatic carbocycles. The van der Waals surface area contributed by atoms with Gasteiger partial charge in [0.05, 0.1) is 0 Å². The number of carbonyl (C=O) groups is 1. The standard InChI is InChI=1S/C18H20ClNO/c1-18(2,3)15-9-7-13(8-10-15)12-20-17(21)14-5-4-6-16(19)11-14/h4-11H,12H2,1-3H3,(H,20,21). The molecule has 0 fully saturated rings. The lowest BCUT2D eigenvalue weighted by molar-refractivity contribution is 0.0951. The summed E-state index contributed by atoms with van der Waals surface area (Å²) in [5, 5.41) is 3.47. The summed E-state index contributed by atoms with van der Waals surface area (Å²) in [5.41, 5.74) is 3.09. The van der Waals surface area contributed by atoms with E-state index in [0.29, 0.717) is 17.1 Å². The summed E-state index contributed by atoms with van der Waals surface area (Å²) in [5.74, 6) is -0.114. The molecule has 21 heavy (non-hydrogen) atoms. The monoisotopic (exact) mass is 301 g/mol. The number of halogens is 1. The van der Waals surface area contributed by atoms with Crippen LogP contribution >= 0.6 is 11.6 Å². The third-order valence-electron chi connectivity index (χ3n) is 3.36. The van der Waals surface area contributed by atoms with Gasteiger partial charge in [-0.2, -0.15) is 0 Å². The largest absolute Gasteiger partial charge is 0.348 e. The molecule has 0 saturated heterocycles. The normalized spacial score (nSPS) is 11.2. The van der Waals surface area contributed by atoms with E-state index in [1.165, 1.54) is 5.56 Å². The van der Waals surface area contributed by atoms with Crippen LogP contribution in [0.5, 0.6) is 0 Å². The van der Waals surface area contributed by atoms with Gasteiger partial charge in [-0.25, -0.2) is 0 Å². The number of benzene rings is 2. The first-order valence-corrected chi connectivity index (χ1v) is 7.37. The van der Waals surface area contributed by atoms with Gasteiger partial charge in [-0.3, -0.25) is 4.79 Å². The molecule has 2 nitrogen and oxygen atoms in total. The minimum atomic E-state index is -0.114. The summed E-state index contributed by atoms with van der Waals surface area (Å²) >= 11 is 5.89. The molecule has 0 atom stereocenters. The molecule has 0 aliphatic heterocycles. The maximum atomic E-state index is 12.0. The SMILES string of the molecule is CC(C)(C)c1ccc(CNC(=O)c2cccc(Cl)c2)cc1. The Morgan fingerprint density at radius 3 is 2.33 bits per heavy atom. The van der Waals surface area contributed by atoms with Crippen molar-refractivity contribution in [1.82, 2.24) is 5.32 Å². The first-order valence-electron chi connectivity index (χ1n) is 6.99. The third kappa shape index (κ3) is 4.33. The van der Waals surface area contributed by atoms with Gasteiger partial charge in [0.1, 0.15) is 0 Å². The second-order valence-electron chi connectivity index (χ2n) is 6.14. The van der Waals surface area contributed by atoms with E-state index in [-0.39, 0.29) is 11.3 Å². The Morgan fingerprint density at radius 1 is 1.10 bits per heavy atom. The van der Waals surface area contributed by atoms with Crippen molar-refractivity contribution in [2.75, 3.05) is 0 Å². The van der Waals surface area contributed by atoms with Crippen LogP contribution < -0.4 is 5.32 Å². The first-order chi connectivity index (χ1) is 9.86. The van der Waals surface area contributed by atoms with Crippen LogP contribution in [0, 0.1) is 0 Å². The molecule has 0 heterocycles. The maximum absolute atomic E-state index is 12.0. The lowest BCUT2D eigenvalue weighted by Crippen LogP contribution is -2.22. The van der Waals surface area contributed by atoms with Gasteiger partial charge in [-0.15, -0.1) is 0 Å². The number of nitrogens with one attached hydrogen (secondary N) is 1. The Balaban J connectivity index is 1.98. The zero-order valence-electron chi connectivity index (χ0n) is 12.6. The van der Waals surface area contributed by atoms with E-state index in [0.717, 1.165) is 5.56 Å². The van der Waals surface area contributed by atoms with Crippen molar-refractivity contribution in [2.24, 2.45) is 0 Å². The van der Waals surface area contributed by atoms with Crippen molar-refractivity contribution in [3.05, 3.63) is 70.2 Å². The van der Waals surface area contributed by atoms with Crippen molar-refractivity contribution in [1.29, 1.82) is 0 Å². The van der Waals surface area contributed by atoms with Gasteiger partial charge in [-0.05, 0) is 34.7 Å². The lowest BCUT2D eigenvalue weighted by Gasteiger charge is -2.19. The fraction of sp³-hybridized carbons (Fsp3) is 0.278. The van der Waals surface area contributed by atoms with Crippen LogP contribution in [-0.2, 0) is 12.0 Å². The van der Waals surface area contributed by atoms with Crippen molar-refractivity contribution in [3.8, 4) is 0 Å². The zero-order valence-corrected chi connectivity index (χ0v) is 13.4. The number of carbonyl (C=O) groups excluding carboxylic acids is 1. The van der Waals surface area contributed by atoms with Gasteiger partial charge >= 0.3 is 0 Å². The fourth-order valence-electron chi connectivity index (χ4n) is 2.04. The van der Waals surface area contributed by atoms with E-state index in [4.69, 9.17) is 11.6 Å². The van der Waals surface area contributed by atoms with E-state index >= 15 is 0 Å². The highest BCUT2D eigenvalue weighted by atomic mass is 35.5. The molecule has 110 valence electrons. The maximum Gasteiger partial charge on any atom is 0.251 e.